The Morgan fingerprint density at radius 2 is 2.24 bits per heavy atom. The fourth-order valence-electron chi connectivity index (χ4n) is 2.73. The van der Waals surface area contributed by atoms with Crippen LogP contribution in [0.1, 0.15) is 41.1 Å². The van der Waals surface area contributed by atoms with Crippen molar-refractivity contribution in [1.29, 1.82) is 0 Å². The molecule has 3 rings (SSSR count). The zero-order chi connectivity index (χ0) is 17.6. The minimum absolute atomic E-state index is 0.104. The van der Waals surface area contributed by atoms with Crippen molar-refractivity contribution >= 4 is 23.6 Å². The second-order valence-electron chi connectivity index (χ2n) is 6.03. The number of carbonyl (C=O) groups excluding carboxylic acids is 2. The molecule has 0 unspecified atom stereocenters. The van der Waals surface area contributed by atoms with Gasteiger partial charge in [0, 0.05) is 17.5 Å². The van der Waals surface area contributed by atoms with Gasteiger partial charge in [-0.3, -0.25) is 9.59 Å². The quantitative estimate of drug-likeness (QED) is 0.802. The van der Waals surface area contributed by atoms with Crippen molar-refractivity contribution in [2.75, 3.05) is 6.54 Å². The molecule has 2 amide bonds. The summed E-state index contributed by atoms with van der Waals surface area (Å²) in [6.45, 7) is 2.55. The third kappa shape index (κ3) is 4.63. The Morgan fingerprint density at radius 3 is 3.04 bits per heavy atom. The van der Waals surface area contributed by atoms with Crippen LogP contribution in [0, 0.1) is 6.92 Å². The fourth-order valence-corrected chi connectivity index (χ4v) is 3.65. The topological polar surface area (TPSA) is 84.2 Å². The summed E-state index contributed by atoms with van der Waals surface area (Å²) in [4.78, 5) is 25.5. The number of nitrogens with zero attached hydrogens (tertiary/aromatic N) is 1. The number of aromatic nitrogens is 1. The Hall–Kier alpha value is -2.28. The van der Waals surface area contributed by atoms with E-state index in [1.807, 2.05) is 31.2 Å². The molecule has 0 bridgehead atoms. The Bertz CT molecular complexity index is 760. The molecule has 0 spiro atoms. The van der Waals surface area contributed by atoms with Crippen LogP contribution in [0.5, 0.6) is 0 Å². The summed E-state index contributed by atoms with van der Waals surface area (Å²) in [6.07, 6.45) is 2.54. The maximum absolute atomic E-state index is 12.7. The molecule has 1 aliphatic rings. The van der Waals surface area contributed by atoms with Gasteiger partial charge in [-0.2, -0.15) is 0 Å². The average molecular weight is 359 g/mol. The van der Waals surface area contributed by atoms with E-state index in [1.165, 1.54) is 11.8 Å². The van der Waals surface area contributed by atoms with Crippen LogP contribution in [0.15, 0.2) is 39.8 Å². The van der Waals surface area contributed by atoms with Gasteiger partial charge in [-0.05, 0) is 38.3 Å². The lowest BCUT2D eigenvalue weighted by atomic mass is 10.1. The van der Waals surface area contributed by atoms with Crippen molar-refractivity contribution in [3.8, 4) is 0 Å². The minimum Gasteiger partial charge on any atom is -0.360 e. The summed E-state index contributed by atoms with van der Waals surface area (Å²) in [5, 5.41) is 9.57. The van der Waals surface area contributed by atoms with Gasteiger partial charge in [0.2, 0.25) is 5.91 Å². The highest BCUT2D eigenvalue weighted by Gasteiger charge is 2.23. The Labute approximate surface area is 150 Å². The van der Waals surface area contributed by atoms with Crippen molar-refractivity contribution in [3.05, 3.63) is 47.3 Å². The lowest BCUT2D eigenvalue weighted by Crippen LogP contribution is -2.45. The van der Waals surface area contributed by atoms with E-state index in [0.717, 1.165) is 29.2 Å². The molecule has 1 fully saturated rings. The maximum Gasteiger partial charge on any atom is 0.253 e. The van der Waals surface area contributed by atoms with Crippen molar-refractivity contribution in [2.24, 2.45) is 0 Å². The average Bonchev–Trinajstić information content (AvgIpc) is 2.93. The van der Waals surface area contributed by atoms with E-state index in [2.05, 4.69) is 15.8 Å². The number of rotatable bonds is 5. The number of amides is 2. The van der Waals surface area contributed by atoms with E-state index in [9.17, 15) is 9.59 Å². The van der Waals surface area contributed by atoms with E-state index in [-0.39, 0.29) is 11.8 Å². The molecule has 25 heavy (non-hydrogen) atoms. The largest absolute Gasteiger partial charge is 0.360 e. The van der Waals surface area contributed by atoms with Crippen molar-refractivity contribution in [2.45, 2.75) is 42.9 Å². The third-order valence-electron chi connectivity index (χ3n) is 4.02. The number of benzene rings is 1. The van der Waals surface area contributed by atoms with Gasteiger partial charge in [0.05, 0.1) is 17.0 Å². The summed E-state index contributed by atoms with van der Waals surface area (Å²) in [6, 6.07) is 8.80. The maximum atomic E-state index is 12.7. The molecular weight excluding hydrogens is 338 g/mol. The SMILES string of the molecule is Cc1cc(CSc2ccccc2C(=O)N[C@H]2CCCCNC2=O)on1. The van der Waals surface area contributed by atoms with E-state index in [4.69, 9.17) is 4.52 Å². The Kier molecular flexibility index (Phi) is 5.75. The number of hydrogen-bond acceptors (Lipinski definition) is 5. The van der Waals surface area contributed by atoms with Crippen LogP contribution in [0.4, 0.5) is 0 Å². The first-order valence-electron chi connectivity index (χ1n) is 8.36. The van der Waals surface area contributed by atoms with Crippen molar-refractivity contribution in [3.63, 3.8) is 0 Å². The van der Waals surface area contributed by atoms with Gasteiger partial charge >= 0.3 is 0 Å². The first kappa shape index (κ1) is 17.5. The van der Waals surface area contributed by atoms with Crippen LogP contribution in [0.3, 0.4) is 0 Å². The van der Waals surface area contributed by atoms with Crippen LogP contribution in [0.25, 0.3) is 0 Å². The highest BCUT2D eigenvalue weighted by molar-refractivity contribution is 7.98. The molecule has 7 heteroatoms. The number of aryl methyl sites for hydroxylation is 1. The second kappa shape index (κ2) is 8.20. The summed E-state index contributed by atoms with van der Waals surface area (Å²) < 4.78 is 5.21. The van der Waals surface area contributed by atoms with Crippen molar-refractivity contribution in [1.82, 2.24) is 15.8 Å². The van der Waals surface area contributed by atoms with Gasteiger partial charge < -0.3 is 15.2 Å². The lowest BCUT2D eigenvalue weighted by Gasteiger charge is -2.16. The summed E-state index contributed by atoms with van der Waals surface area (Å²) in [7, 11) is 0. The van der Waals surface area contributed by atoms with Gasteiger partial charge in [-0.25, -0.2) is 0 Å². The second-order valence-corrected chi connectivity index (χ2v) is 7.05. The molecule has 1 aliphatic heterocycles. The van der Waals surface area contributed by atoms with Gasteiger partial charge in [-0.1, -0.05) is 17.3 Å². The zero-order valence-corrected chi connectivity index (χ0v) is 14.9. The molecule has 2 N–H and O–H groups in total. The first-order valence-corrected chi connectivity index (χ1v) is 9.34. The van der Waals surface area contributed by atoms with Crippen LogP contribution in [0.2, 0.25) is 0 Å². The summed E-state index contributed by atoms with van der Waals surface area (Å²) >= 11 is 1.51. The molecule has 1 aromatic heterocycles. The Balaban J connectivity index is 1.68. The highest BCUT2D eigenvalue weighted by Crippen LogP contribution is 2.26. The fraction of sp³-hybridized carbons (Fsp3) is 0.389. The molecule has 1 saturated heterocycles. The van der Waals surface area contributed by atoms with Gasteiger partial charge in [-0.15, -0.1) is 11.8 Å². The number of nitrogens with one attached hydrogen (secondary N) is 2. The molecule has 6 nitrogen and oxygen atoms in total. The van der Waals surface area contributed by atoms with Crippen LogP contribution >= 0.6 is 11.8 Å². The first-order chi connectivity index (χ1) is 12.1. The molecule has 1 aromatic carbocycles. The molecule has 132 valence electrons. The summed E-state index contributed by atoms with van der Waals surface area (Å²) in [5.74, 6) is 1.03. The van der Waals surface area contributed by atoms with Gasteiger partial charge in [0.15, 0.2) is 0 Å². The smallest absolute Gasteiger partial charge is 0.253 e. The monoisotopic (exact) mass is 359 g/mol. The Morgan fingerprint density at radius 1 is 1.40 bits per heavy atom. The number of carbonyl (C=O) groups is 2. The molecule has 0 saturated carbocycles. The van der Waals surface area contributed by atoms with E-state index in [0.29, 0.717) is 24.3 Å². The predicted molar refractivity (Wildman–Crippen MR) is 95.4 cm³/mol. The molecule has 0 aliphatic carbocycles. The minimum atomic E-state index is -0.468. The van der Waals surface area contributed by atoms with Crippen LogP contribution in [-0.4, -0.2) is 29.6 Å². The molecule has 1 atom stereocenters. The van der Waals surface area contributed by atoms with Crippen LogP contribution in [-0.2, 0) is 10.5 Å². The van der Waals surface area contributed by atoms with E-state index in [1.54, 1.807) is 6.07 Å². The van der Waals surface area contributed by atoms with Gasteiger partial charge in [0.1, 0.15) is 11.8 Å². The van der Waals surface area contributed by atoms with Gasteiger partial charge in [0.25, 0.3) is 5.91 Å². The zero-order valence-electron chi connectivity index (χ0n) is 14.1. The standard InChI is InChI=1S/C18H21N3O3S/c1-12-10-13(24-21-12)11-25-16-8-3-2-6-14(16)17(22)20-15-7-4-5-9-19-18(15)23/h2-3,6,8,10,15H,4-5,7,9,11H2,1H3,(H,19,23)(H,20,22)/t15-/m0/s1. The molecule has 0 radical (unpaired) electrons. The predicted octanol–water partition coefficient (Wildman–Crippen LogP) is 2.67. The molecule has 2 heterocycles. The summed E-state index contributed by atoms with van der Waals surface area (Å²) in [5.41, 5.74) is 1.40. The number of thioether (sulfide) groups is 1. The molecule has 2 aromatic rings. The van der Waals surface area contributed by atoms with Crippen molar-refractivity contribution < 1.29 is 14.1 Å². The van der Waals surface area contributed by atoms with Crippen LogP contribution < -0.4 is 10.6 Å². The van der Waals surface area contributed by atoms with E-state index < -0.39 is 6.04 Å². The number of hydrogen-bond donors (Lipinski definition) is 2. The lowest BCUT2D eigenvalue weighted by molar-refractivity contribution is -0.122. The normalized spacial score (nSPS) is 17.6. The van der Waals surface area contributed by atoms with E-state index >= 15 is 0 Å². The third-order valence-corrected chi connectivity index (χ3v) is 5.11. The highest BCUT2D eigenvalue weighted by atomic mass is 32.2. The molecular formula is C18H21N3O3S.